The van der Waals surface area contributed by atoms with Crippen LogP contribution in [0.15, 0.2) is 24.3 Å². The highest BCUT2D eigenvalue weighted by atomic mass is 35.5. The summed E-state index contributed by atoms with van der Waals surface area (Å²) in [6.07, 6.45) is 0.778. The van der Waals surface area contributed by atoms with Crippen LogP contribution in [0.4, 0.5) is 4.79 Å². The lowest BCUT2D eigenvalue weighted by molar-refractivity contribution is -0.123. The van der Waals surface area contributed by atoms with Crippen molar-refractivity contribution in [2.45, 2.75) is 38.8 Å². The van der Waals surface area contributed by atoms with Crippen molar-refractivity contribution < 1.29 is 14.3 Å². The van der Waals surface area contributed by atoms with E-state index in [9.17, 15) is 14.9 Å². The maximum atomic E-state index is 12.8. The number of hydrogen-bond donors (Lipinski definition) is 2. The predicted octanol–water partition coefficient (Wildman–Crippen LogP) is 2.35. The fraction of sp³-hybridized carbons (Fsp3) is 0.550. The number of carbonyl (C=O) groups excluding carboxylic acids is 2. The van der Waals surface area contributed by atoms with Gasteiger partial charge in [0.15, 0.2) is 0 Å². The van der Waals surface area contributed by atoms with E-state index in [1.807, 2.05) is 32.0 Å². The zero-order valence-corrected chi connectivity index (χ0v) is 17.0. The van der Waals surface area contributed by atoms with Crippen LogP contribution in [-0.2, 0) is 16.0 Å². The molecule has 3 amide bonds. The van der Waals surface area contributed by atoms with Gasteiger partial charge >= 0.3 is 6.03 Å². The molecule has 1 fully saturated rings. The summed E-state index contributed by atoms with van der Waals surface area (Å²) in [5, 5.41) is 15.6. The lowest BCUT2D eigenvalue weighted by atomic mass is 10.0. The van der Waals surface area contributed by atoms with Crippen LogP contribution in [0.1, 0.15) is 25.8 Å². The van der Waals surface area contributed by atoms with Gasteiger partial charge in [0.25, 0.3) is 0 Å². The Kier molecular flexibility index (Phi) is 8.55. The molecule has 2 rings (SSSR count). The summed E-state index contributed by atoms with van der Waals surface area (Å²) >= 11 is 6.15. The number of nitriles is 1. The third kappa shape index (κ3) is 6.70. The average molecular weight is 407 g/mol. The summed E-state index contributed by atoms with van der Waals surface area (Å²) in [4.78, 5) is 26.9. The smallest absolute Gasteiger partial charge is 0.318 e. The number of rotatable bonds is 7. The second-order valence-corrected chi connectivity index (χ2v) is 7.62. The fourth-order valence-corrected chi connectivity index (χ4v) is 3.21. The molecule has 1 aromatic carbocycles. The molecule has 0 radical (unpaired) electrons. The van der Waals surface area contributed by atoms with Gasteiger partial charge in [-0.3, -0.25) is 4.79 Å². The minimum atomic E-state index is -0.734. The van der Waals surface area contributed by atoms with Gasteiger partial charge in [-0.1, -0.05) is 43.6 Å². The van der Waals surface area contributed by atoms with Crippen LogP contribution in [0.2, 0.25) is 5.02 Å². The van der Waals surface area contributed by atoms with Crippen molar-refractivity contribution in [1.29, 1.82) is 5.26 Å². The lowest BCUT2D eigenvalue weighted by Crippen LogP contribution is -2.55. The number of morpholine rings is 1. The summed E-state index contributed by atoms with van der Waals surface area (Å²) < 4.78 is 5.25. The molecule has 0 saturated carbocycles. The molecule has 1 aliphatic heterocycles. The van der Waals surface area contributed by atoms with Gasteiger partial charge in [-0.25, -0.2) is 4.79 Å². The third-order valence-electron chi connectivity index (χ3n) is 4.47. The molecule has 152 valence electrons. The van der Waals surface area contributed by atoms with E-state index in [0.717, 1.165) is 5.56 Å². The molecule has 2 atom stereocenters. The molecule has 7 nitrogen and oxygen atoms in total. The number of amides is 3. The van der Waals surface area contributed by atoms with E-state index in [0.29, 0.717) is 44.2 Å². The molecule has 1 saturated heterocycles. The summed E-state index contributed by atoms with van der Waals surface area (Å²) in [6.45, 7) is 5.93. The molecule has 8 heteroatoms. The zero-order valence-electron chi connectivity index (χ0n) is 16.3. The van der Waals surface area contributed by atoms with Crippen molar-refractivity contribution in [2.75, 3.05) is 26.3 Å². The van der Waals surface area contributed by atoms with Gasteiger partial charge < -0.3 is 20.3 Å². The summed E-state index contributed by atoms with van der Waals surface area (Å²) in [7, 11) is 0. The van der Waals surface area contributed by atoms with E-state index in [1.54, 1.807) is 11.0 Å². The molecule has 28 heavy (non-hydrogen) atoms. The molecule has 1 aliphatic rings. The second kappa shape index (κ2) is 10.9. The van der Waals surface area contributed by atoms with Crippen LogP contribution in [0.25, 0.3) is 0 Å². The number of carbonyl (C=O) groups is 2. The van der Waals surface area contributed by atoms with Gasteiger partial charge in [0.05, 0.1) is 19.3 Å². The number of benzene rings is 1. The minimum Gasteiger partial charge on any atom is -0.378 e. The quantitative estimate of drug-likeness (QED) is 0.726. The second-order valence-electron chi connectivity index (χ2n) is 7.22. The first-order valence-electron chi connectivity index (χ1n) is 9.47. The van der Waals surface area contributed by atoms with E-state index in [1.165, 1.54) is 0 Å². The van der Waals surface area contributed by atoms with Crippen LogP contribution in [0.3, 0.4) is 0 Å². The highest BCUT2D eigenvalue weighted by Gasteiger charge is 2.27. The minimum absolute atomic E-state index is 0.199. The topological polar surface area (TPSA) is 94.5 Å². The predicted molar refractivity (Wildman–Crippen MR) is 107 cm³/mol. The molecule has 2 N–H and O–H groups in total. The standard InChI is InChI=1S/C20H27ClN4O3/c1-14(2)11-18(24-20(27)25-7-9-28-10-8-25)19(26)23-16(13-22)12-15-5-3-4-6-17(15)21/h3-6,14,16,18H,7-12H2,1-2H3,(H,23,26)(H,24,27)/t16-,18-/m0/s1. The molecule has 0 aliphatic carbocycles. The van der Waals surface area contributed by atoms with Gasteiger partial charge in [0.2, 0.25) is 5.91 Å². The maximum Gasteiger partial charge on any atom is 0.318 e. The highest BCUT2D eigenvalue weighted by molar-refractivity contribution is 6.31. The molecular formula is C20H27ClN4O3. The SMILES string of the molecule is CC(C)C[C@H](NC(=O)N1CCOCC1)C(=O)N[C@H](C#N)Cc1ccccc1Cl. The average Bonchev–Trinajstić information content (AvgIpc) is 2.68. The lowest BCUT2D eigenvalue weighted by Gasteiger charge is -2.29. The molecule has 0 bridgehead atoms. The first-order chi connectivity index (χ1) is 13.4. The maximum absolute atomic E-state index is 12.8. The monoisotopic (exact) mass is 406 g/mol. The van der Waals surface area contributed by atoms with E-state index in [4.69, 9.17) is 16.3 Å². The first-order valence-corrected chi connectivity index (χ1v) is 9.85. The summed E-state index contributed by atoms with van der Waals surface area (Å²) in [5.74, 6) is -0.168. The molecule has 1 aromatic rings. The molecule has 0 spiro atoms. The number of nitrogens with one attached hydrogen (secondary N) is 2. The summed E-state index contributed by atoms with van der Waals surface area (Å²) in [6, 6.07) is 7.59. The fourth-order valence-electron chi connectivity index (χ4n) is 2.99. The Morgan fingerprint density at radius 2 is 1.93 bits per heavy atom. The Hall–Kier alpha value is -2.30. The molecule has 1 heterocycles. The third-order valence-corrected chi connectivity index (χ3v) is 4.84. The van der Waals surface area contributed by atoms with Crippen LogP contribution >= 0.6 is 11.6 Å². The normalized spacial score (nSPS) is 16.2. The number of hydrogen-bond acceptors (Lipinski definition) is 4. The van der Waals surface area contributed by atoms with Gasteiger partial charge in [0.1, 0.15) is 12.1 Å². The van der Waals surface area contributed by atoms with E-state index in [2.05, 4.69) is 16.7 Å². The van der Waals surface area contributed by atoms with E-state index >= 15 is 0 Å². The Morgan fingerprint density at radius 1 is 1.25 bits per heavy atom. The molecular weight excluding hydrogens is 380 g/mol. The van der Waals surface area contributed by atoms with E-state index in [-0.39, 0.29) is 17.9 Å². The Bertz CT molecular complexity index is 714. The van der Waals surface area contributed by atoms with Crippen LogP contribution < -0.4 is 10.6 Å². The first kappa shape index (κ1) is 22.0. The molecule has 0 unspecified atom stereocenters. The molecule has 0 aromatic heterocycles. The number of nitrogens with zero attached hydrogens (tertiary/aromatic N) is 2. The number of halogens is 1. The van der Waals surface area contributed by atoms with Crippen LogP contribution in [-0.4, -0.2) is 55.2 Å². The number of urea groups is 1. The van der Waals surface area contributed by atoms with Gasteiger partial charge in [-0.05, 0) is 24.0 Å². The Morgan fingerprint density at radius 3 is 2.54 bits per heavy atom. The zero-order chi connectivity index (χ0) is 20.5. The van der Waals surface area contributed by atoms with Gasteiger partial charge in [0, 0.05) is 24.5 Å². The highest BCUT2D eigenvalue weighted by Crippen LogP contribution is 2.17. The van der Waals surface area contributed by atoms with Crippen LogP contribution in [0.5, 0.6) is 0 Å². The summed E-state index contributed by atoms with van der Waals surface area (Å²) in [5.41, 5.74) is 0.786. The van der Waals surface area contributed by atoms with Gasteiger partial charge in [-0.15, -0.1) is 0 Å². The van der Waals surface area contributed by atoms with Crippen molar-refractivity contribution in [3.63, 3.8) is 0 Å². The van der Waals surface area contributed by atoms with Crippen LogP contribution in [0, 0.1) is 17.2 Å². The van der Waals surface area contributed by atoms with Crippen molar-refractivity contribution >= 4 is 23.5 Å². The van der Waals surface area contributed by atoms with Crippen molar-refractivity contribution in [2.24, 2.45) is 5.92 Å². The van der Waals surface area contributed by atoms with Crippen molar-refractivity contribution in [3.05, 3.63) is 34.9 Å². The van der Waals surface area contributed by atoms with Crippen molar-refractivity contribution in [1.82, 2.24) is 15.5 Å². The number of ether oxygens (including phenoxy) is 1. The van der Waals surface area contributed by atoms with Crippen molar-refractivity contribution in [3.8, 4) is 6.07 Å². The Labute approximate surface area is 171 Å². The Balaban J connectivity index is 2.01. The van der Waals surface area contributed by atoms with Gasteiger partial charge in [-0.2, -0.15) is 5.26 Å². The van der Waals surface area contributed by atoms with E-state index < -0.39 is 12.1 Å². The largest absolute Gasteiger partial charge is 0.378 e.